The van der Waals surface area contributed by atoms with Crippen LogP contribution in [0.4, 0.5) is 13.2 Å². The third kappa shape index (κ3) is 3.81. The zero-order valence-corrected chi connectivity index (χ0v) is 12.7. The zero-order valence-electron chi connectivity index (χ0n) is 11.9. The summed E-state index contributed by atoms with van der Waals surface area (Å²) in [6.45, 7) is 1.69. The van der Waals surface area contributed by atoms with Crippen molar-refractivity contribution in [3.63, 3.8) is 0 Å². The van der Waals surface area contributed by atoms with Crippen molar-refractivity contribution < 1.29 is 17.9 Å². The van der Waals surface area contributed by atoms with Crippen LogP contribution >= 0.6 is 11.6 Å². The number of hydrogen-bond donors (Lipinski definition) is 3. The highest BCUT2D eigenvalue weighted by Crippen LogP contribution is 2.29. The molecule has 0 unspecified atom stereocenters. The molecule has 2 rings (SSSR count). The quantitative estimate of drug-likeness (QED) is 0.343. The molecule has 0 spiro atoms. The lowest BCUT2D eigenvalue weighted by atomic mass is 10.2. The van der Waals surface area contributed by atoms with Crippen LogP contribution in [-0.2, 0) is 6.18 Å². The van der Waals surface area contributed by atoms with Crippen LogP contribution in [0.2, 0.25) is 5.15 Å². The number of aromatic amines is 1. The second kappa shape index (κ2) is 6.29. The van der Waals surface area contributed by atoms with Gasteiger partial charge in [0.05, 0.1) is 17.5 Å². The van der Waals surface area contributed by atoms with Gasteiger partial charge in [-0.05, 0) is 24.6 Å². The van der Waals surface area contributed by atoms with Gasteiger partial charge in [0.15, 0.2) is 0 Å². The summed E-state index contributed by atoms with van der Waals surface area (Å²) in [4.78, 5) is 0. The predicted octanol–water partition coefficient (Wildman–Crippen LogP) is 1.88. The van der Waals surface area contributed by atoms with E-state index in [1.54, 1.807) is 6.92 Å². The first-order chi connectivity index (χ1) is 10.7. The van der Waals surface area contributed by atoms with E-state index in [0.29, 0.717) is 11.3 Å². The van der Waals surface area contributed by atoms with Crippen LogP contribution in [0.25, 0.3) is 5.69 Å². The van der Waals surface area contributed by atoms with Crippen molar-refractivity contribution in [1.29, 1.82) is 0 Å². The zero-order chi connectivity index (χ0) is 17.2. The molecule has 0 radical (unpaired) electrons. The lowest BCUT2D eigenvalue weighted by molar-refractivity contribution is -0.653. The van der Waals surface area contributed by atoms with Gasteiger partial charge >= 0.3 is 11.3 Å². The molecule has 1 heterocycles. The average Bonchev–Trinajstić information content (AvgIpc) is 2.74. The first-order valence-electron chi connectivity index (χ1n) is 6.30. The van der Waals surface area contributed by atoms with Crippen LogP contribution < -0.4 is 16.1 Å². The van der Waals surface area contributed by atoms with Gasteiger partial charge in [-0.1, -0.05) is 10.7 Å². The van der Waals surface area contributed by atoms with E-state index < -0.39 is 11.7 Å². The Kier molecular flexibility index (Phi) is 4.60. The summed E-state index contributed by atoms with van der Waals surface area (Å²) in [6.07, 6.45) is -3.14. The molecule has 122 valence electrons. The maximum atomic E-state index is 12.8. The molecule has 0 aliphatic rings. The molecule has 23 heavy (non-hydrogen) atoms. The Hall–Kier alpha value is -2.55. The molecule has 0 amide bonds. The molecular weight excluding hydrogens is 333 g/mol. The first kappa shape index (κ1) is 16.8. The van der Waals surface area contributed by atoms with Crippen LogP contribution in [0, 0.1) is 6.92 Å². The van der Waals surface area contributed by atoms with Crippen LogP contribution in [0.5, 0.6) is 0 Å². The van der Waals surface area contributed by atoms with E-state index in [0.717, 1.165) is 12.1 Å². The Balaban J connectivity index is 2.46. The fourth-order valence-corrected chi connectivity index (χ4v) is 2.19. The van der Waals surface area contributed by atoms with Gasteiger partial charge in [0, 0.05) is 12.1 Å². The largest absolute Gasteiger partial charge is 0.416 e. The Bertz CT molecular complexity index is 775. The monoisotopic (exact) mass is 345 g/mol. The minimum Gasteiger partial charge on any atom is -0.369 e. The smallest absolute Gasteiger partial charge is 0.369 e. The fraction of sp³-hybridized carbons (Fsp3) is 0.154. The number of hydrogen-bond acceptors (Lipinski definition) is 2. The molecule has 10 heteroatoms. The number of halogens is 4. The number of nitrogens with two attached hydrogens (primary N) is 2. The Morgan fingerprint density at radius 3 is 2.65 bits per heavy atom. The SMILES string of the molecule is Cc1[nH][n+](-c2cccc(C(F)(F)F)c2)c(Cl)c1/C=N/N=C(N)N. The van der Waals surface area contributed by atoms with E-state index in [4.69, 9.17) is 23.1 Å². The number of rotatable bonds is 3. The van der Waals surface area contributed by atoms with Gasteiger partial charge in [0.2, 0.25) is 11.6 Å². The van der Waals surface area contributed by atoms with E-state index >= 15 is 0 Å². The molecule has 1 aromatic carbocycles. The van der Waals surface area contributed by atoms with Crippen molar-refractivity contribution in [2.24, 2.45) is 21.7 Å². The van der Waals surface area contributed by atoms with Gasteiger partial charge in [-0.3, -0.25) is 0 Å². The highest BCUT2D eigenvalue weighted by Gasteiger charge is 2.32. The number of benzene rings is 1. The highest BCUT2D eigenvalue weighted by atomic mass is 35.5. The van der Waals surface area contributed by atoms with Gasteiger partial charge in [-0.15, -0.1) is 5.10 Å². The van der Waals surface area contributed by atoms with E-state index in [-0.39, 0.29) is 16.8 Å². The van der Waals surface area contributed by atoms with Crippen molar-refractivity contribution in [3.8, 4) is 5.69 Å². The molecule has 0 fully saturated rings. The van der Waals surface area contributed by atoms with E-state index in [1.807, 2.05) is 0 Å². The first-order valence-corrected chi connectivity index (χ1v) is 6.67. The van der Waals surface area contributed by atoms with Crippen LogP contribution in [0.1, 0.15) is 16.8 Å². The summed E-state index contributed by atoms with van der Waals surface area (Å²) in [5.74, 6) is -0.226. The van der Waals surface area contributed by atoms with Gasteiger partial charge in [-0.2, -0.15) is 23.4 Å². The summed E-state index contributed by atoms with van der Waals surface area (Å²) < 4.78 is 39.7. The van der Waals surface area contributed by atoms with Crippen molar-refractivity contribution in [2.45, 2.75) is 13.1 Å². The summed E-state index contributed by atoms with van der Waals surface area (Å²) in [5.41, 5.74) is 10.8. The normalized spacial score (nSPS) is 11.9. The van der Waals surface area contributed by atoms with Crippen LogP contribution in [0.3, 0.4) is 0 Å². The number of aromatic nitrogens is 2. The molecule has 0 aliphatic carbocycles. The topological polar surface area (TPSA) is 96.4 Å². The lowest BCUT2D eigenvalue weighted by Crippen LogP contribution is -2.34. The number of nitrogens with zero attached hydrogens (tertiary/aromatic N) is 3. The molecule has 0 bridgehead atoms. The molecule has 5 N–H and O–H groups in total. The van der Waals surface area contributed by atoms with Gasteiger partial charge in [0.25, 0.3) is 0 Å². The van der Waals surface area contributed by atoms with Crippen molar-refractivity contribution in [2.75, 3.05) is 0 Å². The number of guanidine groups is 1. The minimum atomic E-state index is -4.44. The van der Waals surface area contributed by atoms with Gasteiger partial charge in [-0.25, -0.2) is 0 Å². The third-order valence-corrected chi connectivity index (χ3v) is 3.27. The second-order valence-electron chi connectivity index (χ2n) is 4.59. The van der Waals surface area contributed by atoms with Crippen molar-refractivity contribution >= 4 is 23.8 Å². The number of alkyl halides is 3. The van der Waals surface area contributed by atoms with Crippen molar-refractivity contribution in [3.05, 3.63) is 46.2 Å². The standard InChI is InChI=1S/C13H12ClF3N6/c1-7-10(6-20-21-12(18)19)11(14)23(22-7)9-4-2-3-8(5-9)13(15,16)17/h2-6H,1H3,(H4,18,19,21)/p+1/b20-6+. The summed E-state index contributed by atoms with van der Waals surface area (Å²) >= 11 is 6.19. The highest BCUT2D eigenvalue weighted by molar-refractivity contribution is 6.31. The van der Waals surface area contributed by atoms with Crippen LogP contribution in [0.15, 0.2) is 34.5 Å². The summed E-state index contributed by atoms with van der Waals surface area (Å²) in [6, 6.07) is 4.76. The third-order valence-electron chi connectivity index (χ3n) is 2.89. The fourth-order valence-electron chi connectivity index (χ4n) is 1.85. The Morgan fingerprint density at radius 2 is 2.04 bits per heavy atom. The Morgan fingerprint density at radius 1 is 1.35 bits per heavy atom. The van der Waals surface area contributed by atoms with Crippen molar-refractivity contribution in [1.82, 2.24) is 5.10 Å². The second-order valence-corrected chi connectivity index (χ2v) is 4.95. The van der Waals surface area contributed by atoms with E-state index in [1.165, 1.54) is 23.0 Å². The minimum absolute atomic E-state index is 0.149. The number of aryl methyl sites for hydroxylation is 1. The molecule has 1 aromatic heterocycles. The molecule has 2 aromatic rings. The molecule has 6 nitrogen and oxygen atoms in total. The van der Waals surface area contributed by atoms with E-state index in [9.17, 15) is 13.2 Å². The number of nitrogens with one attached hydrogen (secondary N) is 1. The van der Waals surface area contributed by atoms with Gasteiger partial charge in [0.1, 0.15) is 5.56 Å². The lowest BCUT2D eigenvalue weighted by Gasteiger charge is -2.05. The molecule has 0 atom stereocenters. The summed E-state index contributed by atoms with van der Waals surface area (Å²) in [5, 5.41) is 10.1. The van der Waals surface area contributed by atoms with Gasteiger partial charge < -0.3 is 11.5 Å². The maximum Gasteiger partial charge on any atom is 0.416 e. The molecular formula is C13H13ClF3N6+. The van der Waals surface area contributed by atoms with E-state index in [2.05, 4.69) is 15.3 Å². The average molecular weight is 346 g/mol. The van der Waals surface area contributed by atoms with Crippen LogP contribution in [-0.4, -0.2) is 17.3 Å². The maximum absolute atomic E-state index is 12.8. The Labute approximate surface area is 134 Å². The predicted molar refractivity (Wildman–Crippen MR) is 80.5 cm³/mol. The number of H-pyrrole nitrogens is 1. The molecule has 0 saturated heterocycles. The molecule has 0 saturated carbocycles. The molecule has 0 aliphatic heterocycles. The summed E-state index contributed by atoms with van der Waals surface area (Å²) in [7, 11) is 0.